The highest BCUT2D eigenvalue weighted by Crippen LogP contribution is 2.32. The average molecular weight is 238 g/mol. The quantitative estimate of drug-likeness (QED) is 0.871. The molecule has 2 aliphatic heterocycles. The van der Waals surface area contributed by atoms with E-state index in [2.05, 4.69) is 38.1 Å². The van der Waals surface area contributed by atoms with Crippen molar-refractivity contribution in [2.45, 2.75) is 6.42 Å². The van der Waals surface area contributed by atoms with Crippen LogP contribution in [0.3, 0.4) is 0 Å². The van der Waals surface area contributed by atoms with Crippen molar-refractivity contribution in [3.63, 3.8) is 0 Å². The van der Waals surface area contributed by atoms with Crippen molar-refractivity contribution in [3.05, 3.63) is 36.2 Å². The van der Waals surface area contributed by atoms with Crippen molar-refractivity contribution in [2.24, 2.45) is 4.99 Å². The van der Waals surface area contributed by atoms with E-state index in [0.717, 1.165) is 31.0 Å². The Morgan fingerprint density at radius 2 is 2.22 bits per heavy atom. The Kier molecular flexibility index (Phi) is 2.03. The predicted molar refractivity (Wildman–Crippen MR) is 73.5 cm³/mol. The molecule has 4 heteroatoms. The molecule has 0 amide bonds. The van der Waals surface area contributed by atoms with E-state index in [4.69, 9.17) is 0 Å². The van der Waals surface area contributed by atoms with Gasteiger partial charge < -0.3 is 9.88 Å². The number of H-pyrrole nitrogens is 1. The van der Waals surface area contributed by atoms with E-state index in [0.29, 0.717) is 0 Å². The molecule has 2 aromatic heterocycles. The van der Waals surface area contributed by atoms with Gasteiger partial charge in [-0.25, -0.2) is 4.98 Å². The average Bonchev–Trinajstić information content (AvgIpc) is 2.95. The van der Waals surface area contributed by atoms with Gasteiger partial charge in [0.25, 0.3) is 0 Å². The van der Waals surface area contributed by atoms with Crippen molar-refractivity contribution < 1.29 is 0 Å². The molecule has 0 aliphatic carbocycles. The molecule has 0 atom stereocenters. The number of pyridine rings is 1. The number of nitrogens with zero attached hydrogens (tertiary/aromatic N) is 3. The summed E-state index contributed by atoms with van der Waals surface area (Å²) in [4.78, 5) is 14.6. The minimum Gasteiger partial charge on any atom is -0.371 e. The van der Waals surface area contributed by atoms with Gasteiger partial charge in [-0.2, -0.15) is 0 Å². The second-order valence-electron chi connectivity index (χ2n) is 4.72. The fourth-order valence-corrected chi connectivity index (χ4v) is 2.60. The molecular formula is C14H14N4. The first kappa shape index (κ1) is 9.88. The zero-order chi connectivity index (χ0) is 11.9. The second kappa shape index (κ2) is 3.70. The minimum absolute atomic E-state index is 0.793. The lowest BCUT2D eigenvalue weighted by Gasteiger charge is -2.33. The SMILES string of the molecule is C1=CC(c2c[nH]c3nccc(N4CCC4)c23)=NC1. The molecule has 0 radical (unpaired) electrons. The second-order valence-corrected chi connectivity index (χ2v) is 4.72. The Hall–Kier alpha value is -2.10. The number of aliphatic imine (C=N–C) groups is 1. The van der Waals surface area contributed by atoms with Crippen LogP contribution in [-0.2, 0) is 0 Å². The van der Waals surface area contributed by atoms with Gasteiger partial charge in [-0.05, 0) is 18.6 Å². The van der Waals surface area contributed by atoms with Gasteiger partial charge in [0.15, 0.2) is 0 Å². The number of anilines is 1. The van der Waals surface area contributed by atoms with E-state index in [1.165, 1.54) is 23.1 Å². The third-order valence-corrected chi connectivity index (χ3v) is 3.67. The Labute approximate surface area is 105 Å². The van der Waals surface area contributed by atoms with Crippen LogP contribution < -0.4 is 4.90 Å². The van der Waals surface area contributed by atoms with E-state index >= 15 is 0 Å². The molecule has 1 fully saturated rings. The van der Waals surface area contributed by atoms with Crippen LogP contribution in [0.25, 0.3) is 11.0 Å². The van der Waals surface area contributed by atoms with Crippen LogP contribution in [0.15, 0.2) is 35.6 Å². The summed E-state index contributed by atoms with van der Waals surface area (Å²) < 4.78 is 0. The Morgan fingerprint density at radius 3 is 2.94 bits per heavy atom. The summed E-state index contributed by atoms with van der Waals surface area (Å²) in [5.74, 6) is 0. The zero-order valence-corrected chi connectivity index (χ0v) is 10.1. The first-order valence-corrected chi connectivity index (χ1v) is 6.36. The van der Waals surface area contributed by atoms with Crippen LogP contribution in [0.5, 0.6) is 0 Å². The monoisotopic (exact) mass is 238 g/mol. The van der Waals surface area contributed by atoms with Gasteiger partial charge in [-0.15, -0.1) is 0 Å². The summed E-state index contributed by atoms with van der Waals surface area (Å²) in [5.41, 5.74) is 4.48. The van der Waals surface area contributed by atoms with Crippen LogP contribution >= 0.6 is 0 Å². The van der Waals surface area contributed by atoms with Crippen molar-refractivity contribution in [3.8, 4) is 0 Å². The minimum atomic E-state index is 0.793. The number of aromatic nitrogens is 2. The lowest BCUT2D eigenvalue weighted by atomic mass is 10.1. The van der Waals surface area contributed by atoms with Gasteiger partial charge in [-0.3, -0.25) is 4.99 Å². The molecule has 90 valence electrons. The van der Waals surface area contributed by atoms with Gasteiger partial charge in [-0.1, -0.05) is 6.08 Å². The molecule has 0 aromatic carbocycles. The van der Waals surface area contributed by atoms with Crippen LogP contribution in [0, 0.1) is 0 Å². The zero-order valence-electron chi connectivity index (χ0n) is 10.1. The maximum atomic E-state index is 4.51. The molecule has 4 nitrogen and oxygen atoms in total. The third kappa shape index (κ3) is 1.32. The van der Waals surface area contributed by atoms with Crippen molar-refractivity contribution in [2.75, 3.05) is 24.5 Å². The van der Waals surface area contributed by atoms with Gasteiger partial charge in [0, 0.05) is 36.7 Å². The lowest BCUT2D eigenvalue weighted by molar-refractivity contribution is 0.619. The largest absolute Gasteiger partial charge is 0.371 e. The number of nitrogens with one attached hydrogen (secondary N) is 1. The molecule has 0 unspecified atom stereocenters. The summed E-state index contributed by atoms with van der Waals surface area (Å²) in [6.45, 7) is 3.08. The number of allylic oxidation sites excluding steroid dienone is 1. The number of hydrogen-bond donors (Lipinski definition) is 1. The van der Waals surface area contributed by atoms with Gasteiger partial charge in [0.2, 0.25) is 0 Å². The van der Waals surface area contributed by atoms with Crippen LogP contribution in [0.4, 0.5) is 5.69 Å². The fraction of sp³-hybridized carbons (Fsp3) is 0.286. The fourth-order valence-electron chi connectivity index (χ4n) is 2.60. The van der Waals surface area contributed by atoms with Crippen LogP contribution in [-0.4, -0.2) is 35.3 Å². The standard InChI is InChI=1S/C14H14N4/c1-3-11(15-5-1)10-9-17-14-13(10)12(4-6-16-14)18-7-2-8-18/h1,3-4,6,9H,2,5,7-8H2,(H,16,17). The van der Waals surface area contributed by atoms with E-state index in [9.17, 15) is 0 Å². The molecule has 0 spiro atoms. The molecule has 18 heavy (non-hydrogen) atoms. The summed E-state index contributed by atoms with van der Waals surface area (Å²) in [5, 5.41) is 1.21. The molecule has 4 heterocycles. The Morgan fingerprint density at radius 1 is 1.28 bits per heavy atom. The number of aromatic amines is 1. The molecule has 1 N–H and O–H groups in total. The molecule has 4 rings (SSSR count). The maximum absolute atomic E-state index is 4.51. The van der Waals surface area contributed by atoms with E-state index < -0.39 is 0 Å². The Bertz CT molecular complexity index is 661. The van der Waals surface area contributed by atoms with Crippen molar-refractivity contribution >= 4 is 22.4 Å². The molecule has 2 aliphatic rings. The number of hydrogen-bond acceptors (Lipinski definition) is 3. The summed E-state index contributed by atoms with van der Waals surface area (Å²) in [6.07, 6.45) is 9.37. The predicted octanol–water partition coefficient (Wildman–Crippen LogP) is 2.13. The molecule has 1 saturated heterocycles. The van der Waals surface area contributed by atoms with Crippen LogP contribution in [0.1, 0.15) is 12.0 Å². The normalized spacial score (nSPS) is 18.2. The topological polar surface area (TPSA) is 44.3 Å². The highest BCUT2D eigenvalue weighted by atomic mass is 15.2. The van der Waals surface area contributed by atoms with Crippen molar-refractivity contribution in [1.82, 2.24) is 9.97 Å². The highest BCUT2D eigenvalue weighted by Gasteiger charge is 2.21. The molecule has 0 bridgehead atoms. The summed E-state index contributed by atoms with van der Waals surface area (Å²) in [7, 11) is 0. The Balaban J connectivity index is 1.95. The first-order valence-electron chi connectivity index (χ1n) is 6.36. The highest BCUT2D eigenvalue weighted by molar-refractivity contribution is 6.19. The maximum Gasteiger partial charge on any atom is 0.140 e. The molecular weight excluding hydrogens is 224 g/mol. The van der Waals surface area contributed by atoms with Gasteiger partial charge >= 0.3 is 0 Å². The lowest BCUT2D eigenvalue weighted by Crippen LogP contribution is -2.37. The number of fused-ring (bicyclic) bond motifs is 1. The van der Waals surface area contributed by atoms with Gasteiger partial charge in [0.05, 0.1) is 17.6 Å². The van der Waals surface area contributed by atoms with Crippen LogP contribution in [0.2, 0.25) is 0 Å². The first-order chi connectivity index (χ1) is 8.93. The summed E-state index contributed by atoms with van der Waals surface area (Å²) in [6, 6.07) is 2.11. The third-order valence-electron chi connectivity index (χ3n) is 3.67. The summed E-state index contributed by atoms with van der Waals surface area (Å²) >= 11 is 0. The smallest absolute Gasteiger partial charge is 0.140 e. The van der Waals surface area contributed by atoms with E-state index in [1.807, 2.05) is 12.4 Å². The molecule has 2 aromatic rings. The van der Waals surface area contributed by atoms with E-state index in [-0.39, 0.29) is 0 Å². The van der Waals surface area contributed by atoms with Crippen molar-refractivity contribution in [1.29, 1.82) is 0 Å². The molecule has 0 saturated carbocycles. The number of rotatable bonds is 2. The van der Waals surface area contributed by atoms with E-state index in [1.54, 1.807) is 0 Å². The van der Waals surface area contributed by atoms with Gasteiger partial charge in [0.1, 0.15) is 5.65 Å².